The van der Waals surface area contributed by atoms with Crippen LogP contribution in [0, 0.1) is 13.8 Å². The van der Waals surface area contributed by atoms with Crippen LogP contribution in [0.15, 0.2) is 45.9 Å². The predicted molar refractivity (Wildman–Crippen MR) is 121 cm³/mol. The molecule has 4 rings (SSSR count). The van der Waals surface area contributed by atoms with Gasteiger partial charge in [0.15, 0.2) is 0 Å². The first-order valence-corrected chi connectivity index (χ1v) is 11.9. The quantitative estimate of drug-likeness (QED) is 0.552. The van der Waals surface area contributed by atoms with E-state index >= 15 is 0 Å². The van der Waals surface area contributed by atoms with Crippen LogP contribution in [0.25, 0.3) is 5.57 Å². The third-order valence-electron chi connectivity index (χ3n) is 6.25. The molecule has 1 aromatic heterocycles. The lowest BCUT2D eigenvalue weighted by Gasteiger charge is -2.28. The Morgan fingerprint density at radius 2 is 1.70 bits per heavy atom. The Morgan fingerprint density at radius 3 is 2.37 bits per heavy atom. The van der Waals surface area contributed by atoms with Crippen molar-refractivity contribution in [1.82, 2.24) is 4.90 Å². The minimum atomic E-state index is -0.129. The number of carbonyl (C=O) groups is 2. The topological polar surface area (TPSA) is 50.5 Å². The normalized spacial score (nSPS) is 18.8. The van der Waals surface area contributed by atoms with Gasteiger partial charge in [-0.25, -0.2) is 0 Å². The zero-order valence-corrected chi connectivity index (χ0v) is 18.6. The second-order valence-corrected chi connectivity index (χ2v) is 9.34. The van der Waals surface area contributed by atoms with Crippen molar-refractivity contribution >= 4 is 29.1 Å². The molecule has 2 aliphatic rings. The van der Waals surface area contributed by atoms with Gasteiger partial charge in [-0.2, -0.15) is 0 Å². The summed E-state index contributed by atoms with van der Waals surface area (Å²) in [6.45, 7) is 4.10. The molecule has 1 aromatic carbocycles. The van der Waals surface area contributed by atoms with Gasteiger partial charge in [0, 0.05) is 6.04 Å². The number of furan rings is 1. The van der Waals surface area contributed by atoms with Crippen molar-refractivity contribution in [2.45, 2.75) is 70.6 Å². The van der Waals surface area contributed by atoms with Gasteiger partial charge in [0.1, 0.15) is 5.76 Å². The largest absolute Gasteiger partial charge is 0.468 e. The minimum Gasteiger partial charge on any atom is -0.468 e. The molecule has 158 valence electrons. The molecule has 1 fully saturated rings. The van der Waals surface area contributed by atoms with Gasteiger partial charge in [-0.1, -0.05) is 50.3 Å². The van der Waals surface area contributed by atoms with Crippen molar-refractivity contribution in [3.05, 3.63) is 64.0 Å². The SMILES string of the molecule is Cc1ccc(C2=C(SCc3ccco3)C(=O)N(C3CCCCCCC3)C2=O)cc1C. The third kappa shape index (κ3) is 4.27. The molecule has 30 heavy (non-hydrogen) atoms. The lowest BCUT2D eigenvalue weighted by atomic mass is 9.95. The van der Waals surface area contributed by atoms with Gasteiger partial charge in [-0.05, 0) is 55.5 Å². The molecule has 0 bridgehead atoms. The Bertz CT molecular complexity index is 953. The second kappa shape index (κ2) is 9.25. The summed E-state index contributed by atoms with van der Waals surface area (Å²) in [6, 6.07) is 9.79. The lowest BCUT2D eigenvalue weighted by molar-refractivity contribution is -0.139. The highest BCUT2D eigenvalue weighted by Gasteiger charge is 2.42. The van der Waals surface area contributed by atoms with Gasteiger partial charge < -0.3 is 4.42 Å². The van der Waals surface area contributed by atoms with E-state index in [0.717, 1.165) is 42.6 Å². The standard InChI is InChI=1S/C25H29NO3S/c1-17-12-13-19(15-18(17)2)22-23(30-16-21-11-8-14-29-21)25(28)26(24(22)27)20-9-6-4-3-5-7-10-20/h8,11-15,20H,3-7,9-10,16H2,1-2H3. The summed E-state index contributed by atoms with van der Waals surface area (Å²) in [4.78, 5) is 29.2. The lowest BCUT2D eigenvalue weighted by Crippen LogP contribution is -2.41. The Morgan fingerprint density at radius 1 is 0.967 bits per heavy atom. The van der Waals surface area contributed by atoms with Crippen LogP contribution in [0.5, 0.6) is 0 Å². The number of aryl methyl sites for hydroxylation is 2. The van der Waals surface area contributed by atoms with Crippen LogP contribution >= 0.6 is 11.8 Å². The molecule has 0 unspecified atom stereocenters. The molecule has 5 heteroatoms. The van der Waals surface area contributed by atoms with Crippen molar-refractivity contribution in [1.29, 1.82) is 0 Å². The van der Waals surface area contributed by atoms with Crippen LogP contribution < -0.4 is 0 Å². The smallest absolute Gasteiger partial charge is 0.268 e. The fourth-order valence-corrected chi connectivity index (χ4v) is 5.40. The average molecular weight is 424 g/mol. The van der Waals surface area contributed by atoms with Gasteiger partial charge in [-0.3, -0.25) is 14.5 Å². The molecule has 0 radical (unpaired) electrons. The highest BCUT2D eigenvalue weighted by Crippen LogP contribution is 2.40. The van der Waals surface area contributed by atoms with Crippen LogP contribution in [-0.4, -0.2) is 22.8 Å². The van der Waals surface area contributed by atoms with E-state index in [-0.39, 0.29) is 17.9 Å². The van der Waals surface area contributed by atoms with Gasteiger partial charge in [-0.15, -0.1) is 11.8 Å². The summed E-state index contributed by atoms with van der Waals surface area (Å²) in [5, 5.41) is 0. The molecule has 1 saturated carbocycles. The van der Waals surface area contributed by atoms with Gasteiger partial charge in [0.25, 0.3) is 11.8 Å². The summed E-state index contributed by atoms with van der Waals surface area (Å²) >= 11 is 1.42. The maximum absolute atomic E-state index is 13.6. The van der Waals surface area contributed by atoms with E-state index in [2.05, 4.69) is 6.92 Å². The number of rotatable bonds is 5. The molecular formula is C25H29NO3S. The Kier molecular flexibility index (Phi) is 6.47. The van der Waals surface area contributed by atoms with E-state index in [4.69, 9.17) is 4.42 Å². The predicted octanol–water partition coefficient (Wildman–Crippen LogP) is 6.02. The molecule has 2 amide bonds. The number of hydrogen-bond acceptors (Lipinski definition) is 4. The van der Waals surface area contributed by atoms with Gasteiger partial charge >= 0.3 is 0 Å². The van der Waals surface area contributed by atoms with Crippen molar-refractivity contribution in [2.75, 3.05) is 0 Å². The van der Waals surface area contributed by atoms with Crippen LogP contribution in [0.1, 0.15) is 67.4 Å². The number of hydrogen-bond donors (Lipinski definition) is 0. The first kappa shape index (κ1) is 21.0. The van der Waals surface area contributed by atoms with Gasteiger partial charge in [0.05, 0.1) is 22.5 Å². The van der Waals surface area contributed by atoms with Crippen molar-refractivity contribution in [3.8, 4) is 0 Å². The van der Waals surface area contributed by atoms with Crippen LogP contribution in [-0.2, 0) is 15.3 Å². The van der Waals surface area contributed by atoms with E-state index in [1.54, 1.807) is 11.2 Å². The van der Waals surface area contributed by atoms with Crippen LogP contribution in [0.3, 0.4) is 0 Å². The fraction of sp³-hybridized carbons (Fsp3) is 0.440. The molecule has 0 spiro atoms. The first-order valence-electron chi connectivity index (χ1n) is 10.9. The number of benzene rings is 1. The molecule has 1 aliphatic heterocycles. The molecule has 2 heterocycles. The number of imide groups is 1. The third-order valence-corrected chi connectivity index (χ3v) is 7.34. The average Bonchev–Trinajstić information content (AvgIpc) is 3.30. The molecule has 0 N–H and O–H groups in total. The maximum Gasteiger partial charge on any atom is 0.268 e. The Balaban J connectivity index is 1.68. The number of nitrogens with zero attached hydrogens (tertiary/aromatic N) is 1. The summed E-state index contributed by atoms with van der Waals surface area (Å²) in [5.41, 5.74) is 3.70. The zero-order chi connectivity index (χ0) is 21.1. The Hall–Kier alpha value is -2.27. The summed E-state index contributed by atoms with van der Waals surface area (Å²) in [6.07, 6.45) is 9.24. The number of carbonyl (C=O) groups excluding carboxylic acids is 2. The maximum atomic E-state index is 13.6. The van der Waals surface area contributed by atoms with Crippen molar-refractivity contribution in [3.63, 3.8) is 0 Å². The first-order chi connectivity index (χ1) is 14.6. The monoisotopic (exact) mass is 423 g/mol. The van der Waals surface area contributed by atoms with Gasteiger partial charge in [0.2, 0.25) is 0 Å². The molecular weight excluding hydrogens is 394 g/mol. The van der Waals surface area contributed by atoms with E-state index in [1.165, 1.54) is 36.6 Å². The van der Waals surface area contributed by atoms with Crippen LogP contribution in [0.4, 0.5) is 0 Å². The van der Waals surface area contributed by atoms with E-state index in [1.807, 2.05) is 37.3 Å². The van der Waals surface area contributed by atoms with Crippen molar-refractivity contribution in [2.24, 2.45) is 0 Å². The second-order valence-electron chi connectivity index (χ2n) is 8.35. The number of amides is 2. The van der Waals surface area contributed by atoms with E-state index < -0.39 is 0 Å². The number of thioether (sulfide) groups is 1. The molecule has 0 atom stereocenters. The van der Waals surface area contributed by atoms with Crippen LogP contribution in [0.2, 0.25) is 0 Å². The fourth-order valence-electron chi connectivity index (χ4n) is 4.37. The highest BCUT2D eigenvalue weighted by molar-refractivity contribution is 8.03. The molecule has 2 aromatic rings. The molecule has 0 saturated heterocycles. The summed E-state index contributed by atoms with van der Waals surface area (Å²) in [7, 11) is 0. The summed E-state index contributed by atoms with van der Waals surface area (Å²) in [5.74, 6) is 1.08. The van der Waals surface area contributed by atoms with E-state index in [0.29, 0.717) is 16.2 Å². The van der Waals surface area contributed by atoms with Crippen molar-refractivity contribution < 1.29 is 14.0 Å². The molecule has 1 aliphatic carbocycles. The zero-order valence-electron chi connectivity index (χ0n) is 17.8. The molecule has 4 nitrogen and oxygen atoms in total. The summed E-state index contributed by atoms with van der Waals surface area (Å²) < 4.78 is 5.45. The minimum absolute atomic E-state index is 0.00792. The Labute approximate surface area is 182 Å². The highest BCUT2D eigenvalue weighted by atomic mass is 32.2. The van der Waals surface area contributed by atoms with E-state index in [9.17, 15) is 9.59 Å².